The van der Waals surface area contributed by atoms with E-state index in [1.54, 1.807) is 7.11 Å². The molecule has 0 aliphatic carbocycles. The second-order valence-electron chi connectivity index (χ2n) is 9.39. The molecule has 2 atom stereocenters. The van der Waals surface area contributed by atoms with Crippen molar-refractivity contribution in [1.29, 1.82) is 0 Å². The van der Waals surface area contributed by atoms with Gasteiger partial charge in [-0.1, -0.05) is 70.9 Å². The summed E-state index contributed by atoms with van der Waals surface area (Å²) in [4.78, 5) is 32.9. The van der Waals surface area contributed by atoms with Gasteiger partial charge in [-0.3, -0.25) is 5.32 Å². The molecule has 2 N–H and O–H groups in total. The summed E-state index contributed by atoms with van der Waals surface area (Å²) in [6, 6.07) is 14.0. The highest BCUT2D eigenvalue weighted by atomic mass is 32.2. The van der Waals surface area contributed by atoms with Gasteiger partial charge in [-0.25, -0.2) is 8.42 Å². The van der Waals surface area contributed by atoms with Crippen LogP contribution in [0, 0.1) is 0 Å². The Balaban J connectivity index is 0.00000110. The van der Waals surface area contributed by atoms with Crippen LogP contribution in [0.1, 0.15) is 76.1 Å². The van der Waals surface area contributed by atoms with Crippen molar-refractivity contribution in [2.45, 2.75) is 82.4 Å². The predicted octanol–water partition coefficient (Wildman–Crippen LogP) is 3.83. The van der Waals surface area contributed by atoms with E-state index in [0.717, 1.165) is 42.4 Å². The molecule has 0 aromatic heterocycles. The smallest absolute Gasteiger partial charge is 0.373 e. The maximum absolute atomic E-state index is 13.8. The summed E-state index contributed by atoms with van der Waals surface area (Å²) < 4.78 is 33.3. The van der Waals surface area contributed by atoms with Crippen molar-refractivity contribution in [2.24, 2.45) is 0 Å². The van der Waals surface area contributed by atoms with Gasteiger partial charge in [-0.2, -0.15) is 19.2 Å². The number of carbonyl (C=O) groups excluding carboxylic acids is 4. The third-order valence-electron chi connectivity index (χ3n) is 6.50. The lowest BCUT2D eigenvalue weighted by molar-refractivity contribution is -0.193. The Hall–Kier alpha value is -3.13. The summed E-state index contributed by atoms with van der Waals surface area (Å²) in [5.74, 6) is 0.823. The summed E-state index contributed by atoms with van der Waals surface area (Å²) in [5, 5.41) is 7.21. The normalized spacial score (nSPS) is 19.3. The molecule has 0 saturated heterocycles. The van der Waals surface area contributed by atoms with Crippen molar-refractivity contribution in [2.75, 3.05) is 12.9 Å². The maximum atomic E-state index is 13.8. The molecule has 2 aromatic rings. The summed E-state index contributed by atoms with van der Waals surface area (Å²) in [6.45, 7) is 8.95. The van der Waals surface area contributed by atoms with Gasteiger partial charge in [0.25, 0.3) is 0 Å². The van der Waals surface area contributed by atoms with Crippen molar-refractivity contribution in [3.63, 3.8) is 0 Å². The number of sulfone groups is 1. The highest BCUT2D eigenvalue weighted by Crippen LogP contribution is 2.40. The molecule has 1 heterocycles. The molecule has 208 valence electrons. The van der Waals surface area contributed by atoms with Crippen LogP contribution in [0.5, 0.6) is 5.75 Å². The number of nitrogens with one attached hydrogen (secondary N) is 2. The van der Waals surface area contributed by atoms with E-state index in [1.165, 1.54) is 0 Å². The Labute approximate surface area is 225 Å². The van der Waals surface area contributed by atoms with Crippen molar-refractivity contribution >= 4 is 22.1 Å². The first kappa shape index (κ1) is 32.9. The van der Waals surface area contributed by atoms with Gasteiger partial charge in [0.05, 0.1) is 23.8 Å². The molecule has 38 heavy (non-hydrogen) atoms. The number of rotatable bonds is 9. The second kappa shape index (κ2) is 16.0. The molecule has 3 rings (SSSR count). The standard InChI is InChI=1S/C26H38N2O3S.2CO2/c1-6-8-14-26(7-2)18-32(29,30)24-15-21(17-27-19(3)4)23(31-5)16-22(24)25(28-26)20-12-10-9-11-13-20;2*2-1-3/h9-13,15-16,19,25,27-28H,6-8,14,17-18H2,1-5H3;;/t25-,26-;;/m1../s1. The van der Waals surface area contributed by atoms with Crippen LogP contribution in [0.15, 0.2) is 47.4 Å². The fourth-order valence-corrected chi connectivity index (χ4v) is 6.74. The number of unbranched alkanes of at least 4 members (excludes halogenated alkanes) is 1. The highest BCUT2D eigenvalue weighted by Gasteiger charge is 2.42. The van der Waals surface area contributed by atoms with Gasteiger partial charge in [0, 0.05) is 23.7 Å². The molecule has 0 bridgehead atoms. The van der Waals surface area contributed by atoms with E-state index < -0.39 is 15.4 Å². The van der Waals surface area contributed by atoms with Crippen LogP contribution in [0.25, 0.3) is 0 Å². The second-order valence-corrected chi connectivity index (χ2v) is 11.3. The van der Waals surface area contributed by atoms with Crippen molar-refractivity contribution in [1.82, 2.24) is 10.6 Å². The first-order valence-corrected chi connectivity index (χ1v) is 14.2. The minimum absolute atomic E-state index is 0.107. The molecule has 2 aromatic carbocycles. The molecule has 0 fully saturated rings. The van der Waals surface area contributed by atoms with Gasteiger partial charge in [-0.05, 0) is 36.1 Å². The highest BCUT2D eigenvalue weighted by molar-refractivity contribution is 7.91. The van der Waals surface area contributed by atoms with E-state index >= 15 is 0 Å². The fraction of sp³-hybridized carbons (Fsp3) is 0.500. The van der Waals surface area contributed by atoms with Gasteiger partial charge >= 0.3 is 12.3 Å². The van der Waals surface area contributed by atoms with Crippen molar-refractivity contribution in [3.8, 4) is 5.75 Å². The van der Waals surface area contributed by atoms with E-state index in [-0.39, 0.29) is 30.1 Å². The quantitative estimate of drug-likeness (QED) is 0.481. The Morgan fingerprint density at radius 3 is 2.18 bits per heavy atom. The van der Waals surface area contributed by atoms with Crippen LogP contribution < -0.4 is 15.4 Å². The first-order chi connectivity index (χ1) is 18.1. The minimum Gasteiger partial charge on any atom is -0.496 e. The number of fused-ring (bicyclic) bond motifs is 1. The molecule has 0 unspecified atom stereocenters. The zero-order chi connectivity index (χ0) is 28.8. The largest absolute Gasteiger partial charge is 0.496 e. The van der Waals surface area contributed by atoms with Crippen LogP contribution >= 0.6 is 0 Å². The lowest BCUT2D eigenvalue weighted by Crippen LogP contribution is -2.50. The average Bonchev–Trinajstić information content (AvgIpc) is 2.99. The number of benzene rings is 2. The zero-order valence-electron chi connectivity index (χ0n) is 22.7. The zero-order valence-corrected chi connectivity index (χ0v) is 23.5. The monoisotopic (exact) mass is 546 g/mol. The SMILES string of the molecule is CCCC[C@]1(CC)CS(=O)(=O)c2cc(CNC(C)C)c(OC)cc2[C@@H](c2ccccc2)N1.O=C=O.O=C=O. The lowest BCUT2D eigenvalue weighted by Gasteiger charge is -2.36. The topological polar surface area (TPSA) is 136 Å². The summed E-state index contributed by atoms with van der Waals surface area (Å²) >= 11 is 0. The number of methoxy groups -OCH3 is 1. The minimum atomic E-state index is -3.50. The van der Waals surface area contributed by atoms with Crippen LogP contribution in [-0.2, 0) is 35.6 Å². The van der Waals surface area contributed by atoms with E-state index in [2.05, 4.69) is 50.5 Å². The van der Waals surface area contributed by atoms with Gasteiger partial charge in [-0.15, -0.1) is 0 Å². The van der Waals surface area contributed by atoms with E-state index in [0.29, 0.717) is 17.2 Å². The first-order valence-electron chi connectivity index (χ1n) is 12.6. The Morgan fingerprint density at radius 1 is 1.08 bits per heavy atom. The fourth-order valence-electron chi connectivity index (χ4n) is 4.57. The Kier molecular flexibility index (Phi) is 13.8. The van der Waals surface area contributed by atoms with Crippen molar-refractivity contribution < 1.29 is 32.3 Å². The molecule has 0 radical (unpaired) electrons. The maximum Gasteiger partial charge on any atom is 0.373 e. The number of ether oxygens (including phenoxy) is 1. The van der Waals surface area contributed by atoms with Gasteiger partial charge in [0.2, 0.25) is 0 Å². The van der Waals surface area contributed by atoms with Crippen LogP contribution in [0.2, 0.25) is 0 Å². The molecule has 0 saturated carbocycles. The van der Waals surface area contributed by atoms with Gasteiger partial charge < -0.3 is 10.1 Å². The third kappa shape index (κ3) is 9.01. The van der Waals surface area contributed by atoms with Crippen LogP contribution in [0.3, 0.4) is 0 Å². The molecular weight excluding hydrogens is 508 g/mol. The van der Waals surface area contributed by atoms with Crippen molar-refractivity contribution in [3.05, 3.63) is 59.2 Å². The third-order valence-corrected chi connectivity index (χ3v) is 8.45. The lowest BCUT2D eigenvalue weighted by atomic mass is 9.88. The van der Waals surface area contributed by atoms with Gasteiger partial charge in [0.15, 0.2) is 9.84 Å². The molecule has 1 aliphatic heterocycles. The number of hydrogen-bond acceptors (Lipinski definition) is 9. The Bertz CT molecular complexity index is 1180. The molecule has 1 aliphatic rings. The molecule has 0 amide bonds. The Morgan fingerprint density at radius 2 is 1.68 bits per heavy atom. The van der Waals surface area contributed by atoms with Gasteiger partial charge in [0.1, 0.15) is 5.75 Å². The van der Waals surface area contributed by atoms with E-state index in [1.807, 2.05) is 30.3 Å². The summed E-state index contributed by atoms with van der Waals surface area (Å²) in [5.41, 5.74) is 2.23. The molecule has 9 nitrogen and oxygen atoms in total. The number of hydrogen-bond donors (Lipinski definition) is 2. The average molecular weight is 547 g/mol. The summed E-state index contributed by atoms with van der Waals surface area (Å²) in [6.07, 6.45) is 4.10. The van der Waals surface area contributed by atoms with E-state index in [9.17, 15) is 8.42 Å². The summed E-state index contributed by atoms with van der Waals surface area (Å²) in [7, 11) is -1.85. The van der Waals surface area contributed by atoms with E-state index in [4.69, 9.17) is 23.9 Å². The predicted molar refractivity (Wildman–Crippen MR) is 141 cm³/mol. The van der Waals surface area contributed by atoms with Crippen LogP contribution in [-0.4, -0.2) is 45.2 Å². The molecule has 0 spiro atoms. The van der Waals surface area contributed by atoms with Crippen LogP contribution in [0.4, 0.5) is 0 Å². The molecular formula is C28H38N2O7S. The molecule has 10 heteroatoms.